The Morgan fingerprint density at radius 2 is 1.39 bits per heavy atom. The Morgan fingerprint density at radius 1 is 0.816 bits per heavy atom. The van der Waals surface area contributed by atoms with E-state index in [2.05, 4.69) is 46.5 Å². The molecule has 0 saturated carbocycles. The number of carbonyl (C=O) groups is 5. The van der Waals surface area contributed by atoms with Crippen LogP contribution < -0.4 is 32.9 Å². The summed E-state index contributed by atoms with van der Waals surface area (Å²) in [5.41, 5.74) is 2.01. The average molecular weight is 921 g/mol. The van der Waals surface area contributed by atoms with Crippen LogP contribution in [0.2, 0.25) is 0 Å². The second-order valence-corrected chi connectivity index (χ2v) is 9.35. The molecule has 0 spiro atoms. The van der Waals surface area contributed by atoms with Gasteiger partial charge in [0, 0.05) is 59.1 Å². The van der Waals surface area contributed by atoms with Gasteiger partial charge in [0.15, 0.2) is 0 Å². The fourth-order valence-corrected chi connectivity index (χ4v) is 3.90. The fourth-order valence-electron chi connectivity index (χ4n) is 3.90. The summed E-state index contributed by atoms with van der Waals surface area (Å²) in [5.74, 6) is -4.46. The van der Waals surface area contributed by atoms with Gasteiger partial charge in [0.25, 0.3) is 0 Å². The third-order valence-electron chi connectivity index (χ3n) is 6.02. The molecule has 6 N–H and O–H groups in total. The Hall–Kier alpha value is -4.16. The number of rotatable bonds is 19. The number of benzene rings is 1. The first-order chi connectivity index (χ1) is 22.6. The molecule has 267 valence electrons. The van der Waals surface area contributed by atoms with Gasteiger partial charge < -0.3 is 48.3 Å². The molecule has 2 rings (SSSR count). The van der Waals surface area contributed by atoms with Crippen LogP contribution in [0.3, 0.4) is 0 Å². The molecule has 1 radical (unpaired) electrons. The molecule has 0 unspecified atom stereocenters. The van der Waals surface area contributed by atoms with Gasteiger partial charge in [0.1, 0.15) is 12.1 Å². The molecule has 18 heteroatoms. The van der Waals surface area contributed by atoms with Gasteiger partial charge >= 0.3 is 57.8 Å². The van der Waals surface area contributed by atoms with Crippen molar-refractivity contribution in [3.63, 3.8) is 0 Å². The number of amides is 3. The molecular formula is C31H36BrN5O11Re-2. The fraction of sp³-hybridized carbons (Fsp3) is 0.387. The second-order valence-electron chi connectivity index (χ2n) is 9.35. The van der Waals surface area contributed by atoms with E-state index in [1.165, 1.54) is 0 Å². The molecule has 16 nitrogen and oxygen atoms in total. The normalized spacial score (nSPS) is 10.3. The number of carbonyl (C=O) groups excluding carboxylic acids is 2. The number of halogens is 1. The van der Waals surface area contributed by atoms with Gasteiger partial charge in [-0.1, -0.05) is 6.07 Å². The predicted octanol–water partition coefficient (Wildman–Crippen LogP) is -1.48. The van der Waals surface area contributed by atoms with E-state index in [1.807, 2.05) is 47.8 Å². The number of nitrogens with zero attached hydrogens (tertiary/aromatic N) is 2. The quantitative estimate of drug-likeness (QED) is 0.0542. The molecule has 0 fully saturated rings. The summed E-state index contributed by atoms with van der Waals surface area (Å²) in [5, 5.41) is 34.1. The van der Waals surface area contributed by atoms with Gasteiger partial charge in [0.2, 0.25) is 5.91 Å². The molecule has 2 aromatic rings. The molecule has 0 aliphatic carbocycles. The molecule has 0 aliphatic rings. The summed E-state index contributed by atoms with van der Waals surface area (Å²) >= 11 is 0. The van der Waals surface area contributed by atoms with Crippen LogP contribution >= 0.6 is 0 Å². The van der Waals surface area contributed by atoms with Crippen molar-refractivity contribution in [2.45, 2.75) is 63.7 Å². The molecule has 2 atom stereocenters. The van der Waals surface area contributed by atoms with Crippen molar-refractivity contribution in [3.8, 4) is 0 Å². The van der Waals surface area contributed by atoms with Crippen LogP contribution in [0.1, 0.15) is 49.8 Å². The number of hydrogen-bond donors (Lipinski definition) is 6. The Morgan fingerprint density at radius 3 is 1.88 bits per heavy atom. The van der Waals surface area contributed by atoms with Gasteiger partial charge in [0.05, 0.1) is 5.69 Å². The number of carboxylic acid groups (broad SMARTS) is 3. The number of aromatic nitrogens is 1. The Bertz CT molecular complexity index is 1230. The molecule has 1 heterocycles. The zero-order valence-electron chi connectivity index (χ0n) is 26.1. The topological polar surface area (TPSA) is 258 Å². The van der Waals surface area contributed by atoms with Crippen molar-refractivity contribution in [3.05, 3.63) is 85.9 Å². The summed E-state index contributed by atoms with van der Waals surface area (Å²) in [6, 6.07) is 12.7. The maximum atomic E-state index is 12.3. The zero-order chi connectivity index (χ0) is 36.0. The maximum Gasteiger partial charge on any atom is 0 e. The SMILES string of the molecule is O=C(O)CC[C@H](NC(=O)N[C@@H](CCC(=O)NCCCCN(Cc1[c-]cccc1)Cc1ccccn1)C(=O)O)C(=O)O.[Br-].[C-]#[O+].[C-]#[O+].[C-]#[O+].[Re]. The monoisotopic (exact) mass is 920 g/mol. The zero-order valence-corrected chi connectivity index (χ0v) is 30.4. The van der Waals surface area contributed by atoms with Gasteiger partial charge in [-0.25, -0.2) is 14.4 Å². The van der Waals surface area contributed by atoms with E-state index >= 15 is 0 Å². The van der Waals surface area contributed by atoms with Crippen LogP contribution in [-0.2, 0) is 66.6 Å². The van der Waals surface area contributed by atoms with Gasteiger partial charge in [-0.05, 0) is 44.4 Å². The standard InChI is InChI=1S/C28H36N5O8.3CO.BrH.Re/c34-24(13-11-22(26(37)38)31-28(41)32-23(27(39)40)12-14-25(35)36)30-16-6-7-17-33(18-20-8-2-1-3-9-20)19-21-10-4-5-15-29-21;3*1-2;;/h1-5,8,10,15,22-23H,6-7,11-14,16-19H2,(H,30,34)(H,35,36)(H,37,38)(H,39,40)(H2,31,32,41);;;;1H;/q-1;;;;;/p-1/t22-,23-;;;;;/m0...../s1. The number of nitrogens with one attached hydrogen (secondary N) is 3. The van der Waals surface area contributed by atoms with Gasteiger partial charge in [-0.15, -0.1) is 5.56 Å². The molecule has 3 amide bonds. The van der Waals surface area contributed by atoms with Crippen LogP contribution in [0.4, 0.5) is 4.79 Å². The van der Waals surface area contributed by atoms with Crippen molar-refractivity contribution < 1.29 is 90.7 Å². The molecular weight excluding hydrogens is 884 g/mol. The van der Waals surface area contributed by atoms with Crippen molar-refractivity contribution >= 4 is 29.8 Å². The van der Waals surface area contributed by atoms with Gasteiger partial charge in [-0.3, -0.25) is 19.5 Å². The number of unbranched alkanes of at least 4 members (excludes halogenated alkanes) is 1. The number of pyridine rings is 1. The number of hydrogen-bond acceptors (Lipinski definition) is 7. The van der Waals surface area contributed by atoms with Crippen LogP contribution in [0.5, 0.6) is 0 Å². The molecule has 0 aliphatic heterocycles. The molecule has 1 aromatic heterocycles. The average Bonchev–Trinajstić information content (AvgIpc) is 3.08. The first kappa shape index (κ1) is 51.7. The minimum atomic E-state index is -1.51. The first-order valence-electron chi connectivity index (χ1n) is 13.8. The number of aliphatic carboxylic acids is 3. The van der Waals surface area contributed by atoms with Crippen molar-refractivity contribution in [1.29, 1.82) is 0 Å². The second kappa shape index (κ2) is 33.7. The third-order valence-corrected chi connectivity index (χ3v) is 6.02. The van der Waals surface area contributed by atoms with E-state index in [0.717, 1.165) is 24.2 Å². The number of urea groups is 1. The van der Waals surface area contributed by atoms with E-state index in [4.69, 9.17) is 24.2 Å². The van der Waals surface area contributed by atoms with Crippen LogP contribution in [0.15, 0.2) is 48.7 Å². The van der Waals surface area contributed by atoms with Crippen LogP contribution in [0, 0.1) is 26.0 Å². The van der Waals surface area contributed by atoms with E-state index in [1.54, 1.807) is 6.20 Å². The summed E-state index contributed by atoms with van der Waals surface area (Å²) < 4.78 is 22.5. The Kier molecular flexibility index (Phi) is 35.6. The maximum absolute atomic E-state index is 12.3. The summed E-state index contributed by atoms with van der Waals surface area (Å²) in [7, 11) is 0. The van der Waals surface area contributed by atoms with Crippen molar-refractivity contribution in [1.82, 2.24) is 25.8 Å². The van der Waals surface area contributed by atoms with Crippen LogP contribution in [-0.4, -0.2) is 80.2 Å². The van der Waals surface area contributed by atoms with E-state index in [9.17, 15) is 29.1 Å². The van der Waals surface area contributed by atoms with Crippen LogP contribution in [0.25, 0.3) is 0 Å². The van der Waals surface area contributed by atoms with E-state index < -0.39 is 42.4 Å². The molecule has 0 saturated heterocycles. The minimum Gasteiger partial charge on any atom is 0 e. The molecule has 1 aromatic carbocycles. The van der Waals surface area contributed by atoms with Crippen molar-refractivity contribution in [2.24, 2.45) is 0 Å². The summed E-state index contributed by atoms with van der Waals surface area (Å²) in [6.07, 6.45) is 1.99. The summed E-state index contributed by atoms with van der Waals surface area (Å²) in [4.78, 5) is 64.4. The minimum absolute atomic E-state index is 0. The van der Waals surface area contributed by atoms with Crippen molar-refractivity contribution in [2.75, 3.05) is 13.1 Å². The molecule has 49 heavy (non-hydrogen) atoms. The predicted molar refractivity (Wildman–Crippen MR) is 158 cm³/mol. The van der Waals surface area contributed by atoms with E-state index in [-0.39, 0.29) is 62.6 Å². The summed E-state index contributed by atoms with van der Waals surface area (Å²) in [6.45, 7) is 16.0. The number of carboxylic acids is 3. The third kappa shape index (κ3) is 26.5. The first-order valence-corrected chi connectivity index (χ1v) is 13.8. The van der Waals surface area contributed by atoms with Gasteiger partial charge in [-0.2, -0.15) is 30.3 Å². The Balaban J connectivity index is -0.00000120. The Labute approximate surface area is 308 Å². The van der Waals surface area contributed by atoms with E-state index in [0.29, 0.717) is 26.1 Å². The molecule has 0 bridgehead atoms. The smallest absolute Gasteiger partial charge is 0 e. The largest absolute Gasteiger partial charge is 0 e.